The molecule has 74 heavy (non-hydrogen) atoms. The van der Waals surface area contributed by atoms with E-state index in [9.17, 15) is 58.5 Å². The van der Waals surface area contributed by atoms with Gasteiger partial charge in [-0.05, 0) is 50.3 Å². The number of rotatable bonds is 15. The van der Waals surface area contributed by atoms with Crippen LogP contribution in [-0.2, 0) is 60.4 Å². The van der Waals surface area contributed by atoms with Crippen molar-refractivity contribution in [2.24, 2.45) is 35.1 Å². The number of H-pyrrole nitrogens is 1. The molecule has 3 aliphatic heterocycles. The van der Waals surface area contributed by atoms with E-state index >= 15 is 4.21 Å². The molecule has 0 radical (unpaired) electrons. The highest BCUT2D eigenvalue weighted by Crippen LogP contribution is 2.38. The predicted molar refractivity (Wildman–Crippen MR) is 276 cm³/mol. The van der Waals surface area contributed by atoms with Crippen molar-refractivity contribution in [1.29, 1.82) is 0 Å². The monoisotopic (exact) mass is 1090 g/mol. The van der Waals surface area contributed by atoms with Crippen LogP contribution in [0.2, 0.25) is 0 Å². The minimum atomic E-state index is -2.31. The summed E-state index contributed by atoms with van der Waals surface area (Å²) in [4.78, 5) is 130. The number of Topliss-reactive ketones (excluding diaryl/α,β-unsaturated/α-hetero) is 2. The summed E-state index contributed by atoms with van der Waals surface area (Å²) in [6, 6.07) is -1.09. The van der Waals surface area contributed by atoms with Crippen molar-refractivity contribution in [2.45, 2.75) is 126 Å². The Labute approximate surface area is 439 Å². The summed E-state index contributed by atoms with van der Waals surface area (Å²) in [5.74, 6) is -12.3. The van der Waals surface area contributed by atoms with Gasteiger partial charge < -0.3 is 68.0 Å². The first-order valence-corrected chi connectivity index (χ1v) is 28.3. The van der Waals surface area contributed by atoms with E-state index in [0.717, 1.165) is 10.7 Å². The smallest absolute Gasteiger partial charge is 0.243 e. The number of ketones is 2. The molecule has 2 aromatic rings. The lowest BCUT2D eigenvalue weighted by atomic mass is 9.85. The van der Waals surface area contributed by atoms with Crippen LogP contribution in [0.15, 0.2) is 23.2 Å². The molecule has 1 fully saturated rings. The first-order valence-electron chi connectivity index (χ1n) is 24.7. The highest BCUT2D eigenvalue weighted by molar-refractivity contribution is 8.77. The van der Waals surface area contributed by atoms with Gasteiger partial charge in [0.1, 0.15) is 22.9 Å². The third kappa shape index (κ3) is 16.0. The lowest BCUT2D eigenvalue weighted by Crippen LogP contribution is -2.56. The van der Waals surface area contributed by atoms with Gasteiger partial charge in [-0.25, -0.2) is 0 Å². The Bertz CT molecular complexity index is 2440. The fourth-order valence-electron chi connectivity index (χ4n) is 9.05. The number of hydrogen-bond acceptors (Lipinski definition) is 17. The third-order valence-electron chi connectivity index (χ3n) is 13.6. The van der Waals surface area contributed by atoms with Crippen LogP contribution < -0.4 is 42.8 Å². The summed E-state index contributed by atoms with van der Waals surface area (Å²) in [7, 11) is 1.03. The van der Waals surface area contributed by atoms with E-state index in [1.807, 2.05) is 0 Å². The maximum atomic E-state index is 15.0. The maximum absolute atomic E-state index is 15.0. The van der Waals surface area contributed by atoms with E-state index in [4.69, 9.17) is 16.2 Å². The zero-order valence-electron chi connectivity index (χ0n) is 42.3. The molecule has 0 aliphatic carbocycles. The molecule has 1 aromatic carbocycles. The number of benzene rings is 1. The summed E-state index contributed by atoms with van der Waals surface area (Å²) >= 11 is 0. The molecule has 2 bridgehead atoms. The predicted octanol–water partition coefficient (Wildman–Crippen LogP) is -1.56. The van der Waals surface area contributed by atoms with E-state index in [1.54, 1.807) is 53.6 Å². The average Bonchev–Trinajstić information content (AvgIpc) is 3.93. The molecular weight excluding hydrogens is 1020 g/mol. The van der Waals surface area contributed by atoms with Crippen LogP contribution in [0, 0.1) is 23.7 Å². The number of aromatic amines is 1. The SMILES string of the molecule is CC[C@H](C)[C@@H]1NC(=O)CNC(=O)C2CC(=O)[C@H]([C@@H](C)[C@@H](O)CO)NC(=O)[C@@H]3CC(O)CN3C(=O)[C@H](CC(N)=O)CC(=O)C(C[S@@](=O)c3[nH]c4cc(OCCC(C)(C)SSCCN)ccc4c3C2)NC(=O)CNC1=O. The van der Waals surface area contributed by atoms with E-state index in [-0.39, 0.29) is 28.2 Å². The molecule has 3 unspecified atom stereocenters. The lowest BCUT2D eigenvalue weighted by molar-refractivity contribution is -0.145. The van der Waals surface area contributed by atoms with Gasteiger partial charge in [0.25, 0.3) is 0 Å². The van der Waals surface area contributed by atoms with Gasteiger partial charge >= 0.3 is 0 Å². The van der Waals surface area contributed by atoms with Crippen molar-refractivity contribution in [3.63, 3.8) is 0 Å². The van der Waals surface area contributed by atoms with Gasteiger partial charge in [0.2, 0.25) is 41.4 Å². The molecular formula is C48H71N9O14S3. The zero-order chi connectivity index (χ0) is 54.6. The largest absolute Gasteiger partial charge is 0.493 e. The van der Waals surface area contributed by atoms with E-state index in [1.165, 1.54) is 6.92 Å². The Morgan fingerprint density at radius 2 is 1.64 bits per heavy atom. The van der Waals surface area contributed by atoms with Crippen LogP contribution in [0.4, 0.5) is 0 Å². The van der Waals surface area contributed by atoms with Crippen LogP contribution in [0.5, 0.6) is 5.75 Å². The van der Waals surface area contributed by atoms with Crippen molar-refractivity contribution in [3.05, 3.63) is 23.8 Å². The fraction of sp³-hybridized carbons (Fsp3) is 0.646. The molecule has 0 saturated carbocycles. The van der Waals surface area contributed by atoms with E-state index in [0.29, 0.717) is 42.6 Å². The molecule has 1 aromatic heterocycles. The van der Waals surface area contributed by atoms with Gasteiger partial charge in [-0.2, -0.15) is 0 Å². The van der Waals surface area contributed by atoms with Crippen molar-refractivity contribution in [3.8, 4) is 5.75 Å². The van der Waals surface area contributed by atoms with Gasteiger partial charge in [-0.1, -0.05) is 48.8 Å². The van der Waals surface area contributed by atoms with Crippen LogP contribution in [0.1, 0.15) is 78.7 Å². The lowest BCUT2D eigenvalue weighted by Gasteiger charge is -2.32. The molecule has 4 heterocycles. The average molecular weight is 1090 g/mol. The Morgan fingerprint density at radius 1 is 0.946 bits per heavy atom. The number of aromatic nitrogens is 1. The molecule has 11 atom stereocenters. The van der Waals surface area contributed by atoms with Gasteiger partial charge in [0, 0.05) is 72.6 Å². The Morgan fingerprint density at radius 3 is 2.30 bits per heavy atom. The normalized spacial score (nSPS) is 26.7. The van der Waals surface area contributed by atoms with Crippen molar-refractivity contribution in [1.82, 2.24) is 36.5 Å². The molecule has 23 nitrogen and oxygen atoms in total. The zero-order valence-corrected chi connectivity index (χ0v) is 44.7. The summed E-state index contributed by atoms with van der Waals surface area (Å²) in [6.45, 7) is 7.08. The number of fused-ring (bicyclic) bond motifs is 5. The second-order valence-electron chi connectivity index (χ2n) is 19.8. The third-order valence-corrected chi connectivity index (χ3v) is 18.4. The molecule has 0 spiro atoms. The van der Waals surface area contributed by atoms with Gasteiger partial charge in [-0.3, -0.25) is 47.4 Å². The van der Waals surface area contributed by atoms with E-state index in [2.05, 4.69) is 45.4 Å². The summed E-state index contributed by atoms with van der Waals surface area (Å²) in [5.41, 5.74) is 11.9. The van der Waals surface area contributed by atoms with Gasteiger partial charge in [-0.15, -0.1) is 0 Å². The Hall–Kier alpha value is -5.12. The van der Waals surface area contributed by atoms with Crippen molar-refractivity contribution < 1.29 is 67.4 Å². The van der Waals surface area contributed by atoms with Crippen LogP contribution in [0.3, 0.4) is 0 Å². The topological polar surface area (TPSA) is 372 Å². The van der Waals surface area contributed by atoms with Gasteiger partial charge in [0.15, 0.2) is 11.6 Å². The van der Waals surface area contributed by atoms with Gasteiger partial charge in [0.05, 0.1) is 78.6 Å². The highest BCUT2D eigenvalue weighted by atomic mass is 33.1. The number of primary amides is 1. The first kappa shape index (κ1) is 59.8. The number of carbonyl (C=O) groups is 9. The number of ether oxygens (including phenoxy) is 1. The van der Waals surface area contributed by atoms with Crippen molar-refractivity contribution >= 4 is 96.2 Å². The molecule has 3 aliphatic rings. The Balaban J connectivity index is 1.71. The molecule has 7 amide bonds. The fourth-order valence-corrected chi connectivity index (χ4v) is 12.9. The number of carbonyl (C=O) groups excluding carboxylic acids is 9. The maximum Gasteiger partial charge on any atom is 0.243 e. The minimum Gasteiger partial charge on any atom is -0.493 e. The number of amides is 7. The van der Waals surface area contributed by atoms with Crippen molar-refractivity contribution in [2.75, 3.05) is 50.9 Å². The standard InChI is InChI=1S/C48H71N9O14S3/c1-6-24(2)41-45(68)52-19-39(64)53-33-23-74(70)46-31(30-8-7-29(18-32(30)54-46)71-11-9-48(4,5)73-72-12-10-49)13-26(43(66)51-20-40(65)55-41)14-36(61)42(25(3)37(62)22-58)56-44(67)34-17-28(59)21-57(34)47(69)27(15-35(33)60)16-38(50)63/h7-8,18,24-28,33-34,37,41-42,54,58-59,62H,6,9-17,19-23,49H2,1-5H3,(H2,50,63)(H,51,66)(H,52,68)(H,53,64)(H,55,65)(H,56,67)/t24-,25-,26?,27-,28?,33?,34-,37-,41-,42-,74+/m0/s1. The summed E-state index contributed by atoms with van der Waals surface area (Å²) in [6.07, 6.45) is -4.84. The second-order valence-corrected chi connectivity index (χ2v) is 24.3. The Kier molecular flexibility index (Phi) is 21.9. The number of nitrogens with two attached hydrogens (primary N) is 2. The van der Waals surface area contributed by atoms with Crippen LogP contribution in [-0.4, -0.2) is 174 Å². The molecule has 13 N–H and O–H groups in total. The van der Waals surface area contributed by atoms with E-state index < -0.39 is 175 Å². The second kappa shape index (κ2) is 27.1. The number of nitrogens with one attached hydrogen (secondary N) is 6. The highest BCUT2D eigenvalue weighted by Gasteiger charge is 2.45. The van der Waals surface area contributed by atoms with Crippen LogP contribution in [0.25, 0.3) is 10.9 Å². The first-order chi connectivity index (χ1) is 35.0. The number of aliphatic hydroxyl groups is 3. The molecule has 410 valence electrons. The number of hydrogen-bond donors (Lipinski definition) is 11. The number of nitrogens with zero attached hydrogens (tertiary/aromatic N) is 1. The minimum absolute atomic E-state index is 0.0406. The van der Waals surface area contributed by atoms with Crippen LogP contribution >= 0.6 is 21.6 Å². The summed E-state index contributed by atoms with van der Waals surface area (Å²) in [5, 5.41) is 44.8. The number of aliphatic hydroxyl groups excluding tert-OH is 3. The molecule has 26 heteroatoms. The molecule has 5 rings (SSSR count). The molecule has 1 saturated heterocycles. The summed E-state index contributed by atoms with van der Waals surface area (Å²) < 4.78 is 21.0. The quantitative estimate of drug-likeness (QED) is 0.0710.